The summed E-state index contributed by atoms with van der Waals surface area (Å²) in [6.45, 7) is 8.57. The van der Waals surface area contributed by atoms with Crippen LogP contribution in [-0.2, 0) is 0 Å². The van der Waals surface area contributed by atoms with Gasteiger partial charge >= 0.3 is 0 Å². The quantitative estimate of drug-likeness (QED) is 0.420. The number of rotatable bonds is 0. The van der Waals surface area contributed by atoms with Crippen LogP contribution in [0.5, 0.6) is 0 Å². The van der Waals surface area contributed by atoms with Gasteiger partial charge in [0.15, 0.2) is 0 Å². The number of hydrogen-bond donors (Lipinski definition) is 0. The normalized spacial score (nSPS) is 38.5. The molecule has 1 rings (SSSR count). The third kappa shape index (κ3) is 0.795. The van der Waals surface area contributed by atoms with Crippen molar-refractivity contribution in [3.63, 3.8) is 0 Å². The molecule has 0 aliphatic heterocycles. The average molecular weight is 110 g/mol. The van der Waals surface area contributed by atoms with E-state index in [0.717, 1.165) is 11.8 Å². The van der Waals surface area contributed by atoms with E-state index < -0.39 is 0 Å². The molecule has 0 heterocycles. The van der Waals surface area contributed by atoms with Crippen molar-refractivity contribution in [1.82, 2.24) is 0 Å². The first-order valence-electron chi connectivity index (χ1n) is 3.39. The molecule has 46 valence electrons. The van der Waals surface area contributed by atoms with Crippen LogP contribution in [0, 0.1) is 11.8 Å². The summed E-state index contributed by atoms with van der Waals surface area (Å²) in [6.07, 6.45) is 2.63. The van der Waals surface area contributed by atoms with Gasteiger partial charge in [-0.15, -0.1) is 0 Å². The zero-order valence-electron chi connectivity index (χ0n) is 5.78. The third-order valence-corrected chi connectivity index (χ3v) is 2.42. The van der Waals surface area contributed by atoms with Gasteiger partial charge in [-0.05, 0) is 24.7 Å². The zero-order valence-corrected chi connectivity index (χ0v) is 5.78. The standard InChI is InChI=1S/C8H14/c1-6-4-5-7(2)8(6)3/h7-8H,1,4-5H2,2-3H3/t7-,8+/m0/s1. The van der Waals surface area contributed by atoms with E-state index in [4.69, 9.17) is 0 Å². The first-order valence-corrected chi connectivity index (χ1v) is 3.39. The fourth-order valence-electron chi connectivity index (χ4n) is 1.29. The molecule has 8 heavy (non-hydrogen) atoms. The number of allylic oxidation sites excluding steroid dienone is 1. The molecule has 1 fully saturated rings. The summed E-state index contributed by atoms with van der Waals surface area (Å²) in [7, 11) is 0. The van der Waals surface area contributed by atoms with Gasteiger partial charge in [0.1, 0.15) is 0 Å². The number of hydrogen-bond acceptors (Lipinski definition) is 0. The summed E-state index contributed by atoms with van der Waals surface area (Å²) in [6, 6.07) is 0. The molecule has 0 spiro atoms. The molecule has 0 aromatic heterocycles. The highest BCUT2D eigenvalue weighted by molar-refractivity contribution is 5.06. The summed E-state index contributed by atoms with van der Waals surface area (Å²) in [4.78, 5) is 0. The van der Waals surface area contributed by atoms with Crippen LogP contribution in [-0.4, -0.2) is 0 Å². The predicted molar refractivity (Wildman–Crippen MR) is 36.7 cm³/mol. The van der Waals surface area contributed by atoms with Crippen molar-refractivity contribution in [2.45, 2.75) is 26.7 Å². The fraction of sp³-hybridized carbons (Fsp3) is 0.750. The first-order chi connectivity index (χ1) is 3.72. The molecule has 0 amide bonds. The molecule has 0 heteroatoms. The zero-order chi connectivity index (χ0) is 6.15. The molecule has 0 unspecified atom stereocenters. The maximum Gasteiger partial charge on any atom is -0.0209 e. The van der Waals surface area contributed by atoms with Crippen LogP contribution in [0.15, 0.2) is 12.2 Å². The topological polar surface area (TPSA) is 0 Å². The molecule has 0 N–H and O–H groups in total. The maximum absolute atomic E-state index is 3.99. The molecule has 0 radical (unpaired) electrons. The summed E-state index contributed by atoms with van der Waals surface area (Å²) >= 11 is 0. The minimum atomic E-state index is 0.787. The Morgan fingerprint density at radius 2 is 2.12 bits per heavy atom. The smallest absolute Gasteiger partial charge is 0.0209 e. The van der Waals surface area contributed by atoms with Crippen molar-refractivity contribution in [2.75, 3.05) is 0 Å². The Hall–Kier alpha value is -0.260. The highest BCUT2D eigenvalue weighted by Crippen LogP contribution is 2.34. The molecular weight excluding hydrogens is 96.1 g/mol. The van der Waals surface area contributed by atoms with Gasteiger partial charge in [0.25, 0.3) is 0 Å². The maximum atomic E-state index is 3.99. The minimum Gasteiger partial charge on any atom is -0.0996 e. The lowest BCUT2D eigenvalue weighted by Gasteiger charge is -2.07. The molecule has 0 aromatic carbocycles. The van der Waals surface area contributed by atoms with E-state index in [-0.39, 0.29) is 0 Å². The first kappa shape index (κ1) is 5.87. The highest BCUT2D eigenvalue weighted by Gasteiger charge is 2.21. The minimum absolute atomic E-state index is 0.787. The van der Waals surface area contributed by atoms with E-state index in [1.165, 1.54) is 18.4 Å². The molecule has 1 aliphatic carbocycles. The van der Waals surface area contributed by atoms with Crippen molar-refractivity contribution in [3.05, 3.63) is 12.2 Å². The Morgan fingerprint density at radius 1 is 1.50 bits per heavy atom. The van der Waals surface area contributed by atoms with E-state index in [1.54, 1.807) is 0 Å². The summed E-state index contributed by atoms with van der Waals surface area (Å²) in [5.74, 6) is 1.68. The second kappa shape index (κ2) is 1.93. The van der Waals surface area contributed by atoms with E-state index in [0.29, 0.717) is 0 Å². The van der Waals surface area contributed by atoms with Crippen molar-refractivity contribution >= 4 is 0 Å². The summed E-state index contributed by atoms with van der Waals surface area (Å²) < 4.78 is 0. The van der Waals surface area contributed by atoms with Gasteiger partial charge in [-0.1, -0.05) is 26.0 Å². The van der Waals surface area contributed by atoms with Gasteiger partial charge in [-0.2, -0.15) is 0 Å². The lowest BCUT2D eigenvalue weighted by molar-refractivity contribution is 0.494. The van der Waals surface area contributed by atoms with Crippen molar-refractivity contribution < 1.29 is 0 Å². The molecule has 1 saturated carbocycles. The van der Waals surface area contributed by atoms with Gasteiger partial charge in [0.05, 0.1) is 0 Å². The van der Waals surface area contributed by atoms with E-state index in [1.807, 2.05) is 0 Å². The molecule has 0 saturated heterocycles. The second-order valence-corrected chi connectivity index (χ2v) is 2.96. The highest BCUT2D eigenvalue weighted by atomic mass is 14.3. The summed E-state index contributed by atoms with van der Waals surface area (Å²) in [5.41, 5.74) is 1.46. The predicted octanol–water partition coefficient (Wildman–Crippen LogP) is 2.61. The van der Waals surface area contributed by atoms with Crippen molar-refractivity contribution in [1.29, 1.82) is 0 Å². The Labute approximate surface area is 51.6 Å². The van der Waals surface area contributed by atoms with Crippen LogP contribution in [0.2, 0.25) is 0 Å². The molecule has 0 aromatic rings. The Morgan fingerprint density at radius 3 is 2.25 bits per heavy atom. The lowest BCUT2D eigenvalue weighted by Crippen LogP contribution is -1.97. The van der Waals surface area contributed by atoms with Crippen molar-refractivity contribution in [3.8, 4) is 0 Å². The average Bonchev–Trinajstić information content (AvgIpc) is 1.98. The fourth-order valence-corrected chi connectivity index (χ4v) is 1.29. The molecule has 0 nitrogen and oxygen atoms in total. The monoisotopic (exact) mass is 110 g/mol. The van der Waals surface area contributed by atoms with E-state index in [9.17, 15) is 0 Å². The largest absolute Gasteiger partial charge is 0.0996 e. The van der Waals surface area contributed by atoms with Crippen LogP contribution < -0.4 is 0 Å². The van der Waals surface area contributed by atoms with Gasteiger partial charge in [-0.25, -0.2) is 0 Å². The van der Waals surface area contributed by atoms with Crippen LogP contribution in [0.1, 0.15) is 26.7 Å². The van der Waals surface area contributed by atoms with E-state index in [2.05, 4.69) is 20.4 Å². The molecular formula is C8H14. The summed E-state index contributed by atoms with van der Waals surface area (Å²) in [5, 5.41) is 0. The Bertz CT molecular complexity index is 103. The van der Waals surface area contributed by atoms with Gasteiger partial charge in [0.2, 0.25) is 0 Å². The van der Waals surface area contributed by atoms with Crippen LogP contribution in [0.3, 0.4) is 0 Å². The Balaban J connectivity index is 2.56. The molecule has 2 atom stereocenters. The third-order valence-electron chi connectivity index (χ3n) is 2.42. The van der Waals surface area contributed by atoms with Gasteiger partial charge < -0.3 is 0 Å². The molecule has 0 bridgehead atoms. The SMILES string of the molecule is C=C1CC[C@H](C)[C@@H]1C. The van der Waals surface area contributed by atoms with Crippen LogP contribution in [0.4, 0.5) is 0 Å². The van der Waals surface area contributed by atoms with Crippen LogP contribution in [0.25, 0.3) is 0 Å². The molecule has 1 aliphatic rings. The second-order valence-electron chi connectivity index (χ2n) is 2.96. The van der Waals surface area contributed by atoms with E-state index >= 15 is 0 Å². The van der Waals surface area contributed by atoms with Crippen LogP contribution >= 0.6 is 0 Å². The lowest BCUT2D eigenvalue weighted by atomic mass is 9.99. The van der Waals surface area contributed by atoms with Gasteiger partial charge in [-0.3, -0.25) is 0 Å². The van der Waals surface area contributed by atoms with Crippen molar-refractivity contribution in [2.24, 2.45) is 11.8 Å². The Kier molecular flexibility index (Phi) is 1.41. The van der Waals surface area contributed by atoms with Gasteiger partial charge in [0, 0.05) is 0 Å².